The minimum Gasteiger partial charge on any atom is -0.301 e. The Morgan fingerprint density at radius 3 is 2.75 bits per heavy atom. The lowest BCUT2D eigenvalue weighted by Crippen LogP contribution is -2.49. The number of benzene rings is 1. The van der Waals surface area contributed by atoms with Crippen LogP contribution in [-0.2, 0) is 6.54 Å². The molecule has 1 aliphatic rings. The van der Waals surface area contributed by atoms with E-state index in [4.69, 9.17) is 11.6 Å². The maximum Gasteiger partial charge on any atom is 0.274 e. The maximum absolute atomic E-state index is 11.0. The van der Waals surface area contributed by atoms with Gasteiger partial charge in [-0.1, -0.05) is 11.6 Å². The molecule has 1 saturated heterocycles. The minimum absolute atomic E-state index is 0.106. The molecule has 0 bridgehead atoms. The molecule has 2 rings (SSSR count). The van der Waals surface area contributed by atoms with Crippen LogP contribution in [0.1, 0.15) is 18.1 Å². The van der Waals surface area contributed by atoms with Crippen LogP contribution in [0.3, 0.4) is 0 Å². The molecule has 1 aliphatic heterocycles. The largest absolute Gasteiger partial charge is 0.301 e. The Balaban J connectivity index is 2.19. The van der Waals surface area contributed by atoms with E-state index < -0.39 is 0 Å². The van der Waals surface area contributed by atoms with E-state index in [1.54, 1.807) is 6.92 Å². The third-order valence-corrected chi connectivity index (χ3v) is 4.31. The van der Waals surface area contributed by atoms with Gasteiger partial charge in [0.1, 0.15) is 0 Å². The van der Waals surface area contributed by atoms with Crippen molar-refractivity contribution in [2.24, 2.45) is 0 Å². The van der Waals surface area contributed by atoms with Gasteiger partial charge in [-0.25, -0.2) is 0 Å². The predicted octanol–water partition coefficient (Wildman–Crippen LogP) is 2.69. The SMILES string of the molecule is Cc1c(CN2CCN(C)[C@@H](C)C2)cc(Cl)cc1[N+](=O)[O-]. The fourth-order valence-electron chi connectivity index (χ4n) is 2.58. The molecule has 0 saturated carbocycles. The summed E-state index contributed by atoms with van der Waals surface area (Å²) in [5.74, 6) is 0. The summed E-state index contributed by atoms with van der Waals surface area (Å²) < 4.78 is 0. The van der Waals surface area contributed by atoms with E-state index in [0.717, 1.165) is 25.2 Å². The number of nitro groups is 1. The highest BCUT2D eigenvalue weighted by Gasteiger charge is 2.23. The molecule has 1 aromatic carbocycles. The van der Waals surface area contributed by atoms with Gasteiger partial charge in [0.2, 0.25) is 0 Å². The Morgan fingerprint density at radius 2 is 2.15 bits per heavy atom. The Morgan fingerprint density at radius 1 is 1.45 bits per heavy atom. The summed E-state index contributed by atoms with van der Waals surface area (Å²) in [4.78, 5) is 15.3. The molecular formula is C14H20ClN3O2. The number of likely N-dealkylation sites (N-methyl/N-ethyl adjacent to an activating group) is 1. The van der Waals surface area contributed by atoms with Crippen molar-refractivity contribution in [1.29, 1.82) is 0 Å². The number of rotatable bonds is 3. The second-order valence-electron chi connectivity index (χ2n) is 5.53. The van der Waals surface area contributed by atoms with Crippen LogP contribution in [0.25, 0.3) is 0 Å². The van der Waals surface area contributed by atoms with E-state index in [0.29, 0.717) is 23.2 Å². The predicted molar refractivity (Wildman–Crippen MR) is 80.2 cm³/mol. The molecule has 1 heterocycles. The van der Waals surface area contributed by atoms with Crippen LogP contribution in [0.2, 0.25) is 5.02 Å². The summed E-state index contributed by atoms with van der Waals surface area (Å²) in [6.07, 6.45) is 0. The molecule has 0 radical (unpaired) electrons. The van der Waals surface area contributed by atoms with Gasteiger partial charge in [0.15, 0.2) is 0 Å². The van der Waals surface area contributed by atoms with Crippen LogP contribution in [0.5, 0.6) is 0 Å². The molecule has 20 heavy (non-hydrogen) atoms. The summed E-state index contributed by atoms with van der Waals surface area (Å²) in [7, 11) is 2.12. The van der Waals surface area contributed by atoms with Crippen molar-refractivity contribution in [3.05, 3.63) is 38.4 Å². The minimum atomic E-state index is -0.364. The summed E-state index contributed by atoms with van der Waals surface area (Å²) in [5.41, 5.74) is 1.77. The van der Waals surface area contributed by atoms with Crippen LogP contribution < -0.4 is 0 Å². The van der Waals surface area contributed by atoms with Crippen LogP contribution in [0.15, 0.2) is 12.1 Å². The van der Waals surface area contributed by atoms with Crippen LogP contribution >= 0.6 is 11.6 Å². The van der Waals surface area contributed by atoms with Crippen LogP contribution in [0, 0.1) is 17.0 Å². The Labute approximate surface area is 124 Å². The fraction of sp³-hybridized carbons (Fsp3) is 0.571. The van der Waals surface area contributed by atoms with Crippen molar-refractivity contribution >= 4 is 17.3 Å². The van der Waals surface area contributed by atoms with Gasteiger partial charge >= 0.3 is 0 Å². The van der Waals surface area contributed by atoms with Gasteiger partial charge in [-0.05, 0) is 32.5 Å². The first-order valence-electron chi connectivity index (χ1n) is 6.74. The number of hydrogen-bond donors (Lipinski definition) is 0. The Bertz CT molecular complexity index is 521. The molecule has 0 aromatic heterocycles. The smallest absolute Gasteiger partial charge is 0.274 e. The molecule has 1 fully saturated rings. The van der Waals surface area contributed by atoms with Gasteiger partial charge < -0.3 is 4.90 Å². The molecule has 110 valence electrons. The van der Waals surface area contributed by atoms with Crippen LogP contribution in [-0.4, -0.2) is 47.4 Å². The van der Waals surface area contributed by atoms with Crippen LogP contribution in [0.4, 0.5) is 5.69 Å². The lowest BCUT2D eigenvalue weighted by molar-refractivity contribution is -0.385. The van der Waals surface area contributed by atoms with Gasteiger partial charge in [0.05, 0.1) is 4.92 Å². The summed E-state index contributed by atoms with van der Waals surface area (Å²) in [5, 5.41) is 11.5. The molecular weight excluding hydrogens is 278 g/mol. The van der Waals surface area contributed by atoms with E-state index in [1.165, 1.54) is 6.07 Å². The fourth-order valence-corrected chi connectivity index (χ4v) is 2.82. The number of nitrogens with zero attached hydrogens (tertiary/aromatic N) is 3. The molecule has 0 unspecified atom stereocenters. The van der Waals surface area contributed by atoms with Crippen molar-refractivity contribution in [3.8, 4) is 0 Å². The van der Waals surface area contributed by atoms with E-state index in [-0.39, 0.29) is 10.6 Å². The van der Waals surface area contributed by atoms with E-state index >= 15 is 0 Å². The Hall–Kier alpha value is -1.17. The van der Waals surface area contributed by atoms with E-state index in [9.17, 15) is 10.1 Å². The summed E-state index contributed by atoms with van der Waals surface area (Å²) in [6.45, 7) is 7.66. The maximum atomic E-state index is 11.0. The van der Waals surface area contributed by atoms with E-state index in [2.05, 4.69) is 23.8 Å². The first kappa shape index (κ1) is 15.2. The second kappa shape index (κ2) is 6.08. The van der Waals surface area contributed by atoms with E-state index in [1.807, 2.05) is 6.07 Å². The summed E-state index contributed by atoms with van der Waals surface area (Å²) >= 11 is 6.00. The molecule has 1 aromatic rings. The molecule has 0 amide bonds. The first-order chi connectivity index (χ1) is 9.38. The molecule has 0 aliphatic carbocycles. The molecule has 5 nitrogen and oxygen atoms in total. The first-order valence-corrected chi connectivity index (χ1v) is 7.12. The van der Waals surface area contributed by atoms with Gasteiger partial charge in [0.25, 0.3) is 5.69 Å². The zero-order chi connectivity index (χ0) is 14.9. The standard InChI is InChI=1S/C14H20ClN3O2/c1-10-8-17(5-4-16(10)3)9-12-6-13(15)7-14(11(12)2)18(19)20/h6-7,10H,4-5,8-9H2,1-3H3/t10-/m0/s1. The average molecular weight is 298 g/mol. The van der Waals surface area contributed by atoms with Crippen molar-refractivity contribution < 1.29 is 4.92 Å². The topological polar surface area (TPSA) is 49.6 Å². The lowest BCUT2D eigenvalue weighted by atomic mass is 10.1. The monoisotopic (exact) mass is 297 g/mol. The molecule has 0 spiro atoms. The second-order valence-corrected chi connectivity index (χ2v) is 5.97. The number of nitro benzene ring substituents is 1. The van der Waals surface area contributed by atoms with Gasteiger partial charge in [-0.15, -0.1) is 0 Å². The van der Waals surface area contributed by atoms with Crippen molar-refractivity contribution in [1.82, 2.24) is 9.80 Å². The lowest BCUT2D eigenvalue weighted by Gasteiger charge is -2.37. The molecule has 6 heteroatoms. The zero-order valence-corrected chi connectivity index (χ0v) is 12.9. The highest BCUT2D eigenvalue weighted by Crippen LogP contribution is 2.27. The average Bonchev–Trinajstić information content (AvgIpc) is 2.37. The number of hydrogen-bond acceptors (Lipinski definition) is 4. The van der Waals surface area contributed by atoms with Crippen molar-refractivity contribution in [2.45, 2.75) is 26.4 Å². The number of halogens is 1. The van der Waals surface area contributed by atoms with Crippen molar-refractivity contribution in [2.75, 3.05) is 26.7 Å². The zero-order valence-electron chi connectivity index (χ0n) is 12.1. The quantitative estimate of drug-likeness (QED) is 0.636. The normalized spacial score (nSPS) is 21.1. The van der Waals surface area contributed by atoms with Crippen molar-refractivity contribution in [3.63, 3.8) is 0 Å². The van der Waals surface area contributed by atoms with Gasteiger partial charge in [0, 0.05) is 48.9 Å². The summed E-state index contributed by atoms with van der Waals surface area (Å²) in [6, 6.07) is 3.76. The third-order valence-electron chi connectivity index (χ3n) is 4.09. The Kier molecular flexibility index (Phi) is 4.62. The molecule has 0 N–H and O–H groups in total. The number of piperazine rings is 1. The van der Waals surface area contributed by atoms with Gasteiger partial charge in [-0.2, -0.15) is 0 Å². The van der Waals surface area contributed by atoms with Gasteiger partial charge in [-0.3, -0.25) is 15.0 Å². The third kappa shape index (κ3) is 3.29. The molecule has 1 atom stereocenters. The highest BCUT2D eigenvalue weighted by molar-refractivity contribution is 6.30. The highest BCUT2D eigenvalue weighted by atomic mass is 35.5.